The summed E-state index contributed by atoms with van der Waals surface area (Å²) in [7, 11) is 0. The van der Waals surface area contributed by atoms with Crippen molar-refractivity contribution in [2.75, 3.05) is 13.2 Å². The van der Waals surface area contributed by atoms with Gasteiger partial charge in [-0.3, -0.25) is 4.79 Å². The molecule has 2 unspecified atom stereocenters. The van der Waals surface area contributed by atoms with E-state index in [0.29, 0.717) is 18.3 Å². The number of nitrogens with one attached hydrogen (secondary N) is 1. The van der Waals surface area contributed by atoms with Crippen LogP contribution in [0.15, 0.2) is 0 Å². The summed E-state index contributed by atoms with van der Waals surface area (Å²) in [6.45, 7) is 1.90. The number of carbonyl (C=O) groups excluding carboxylic acids is 1. The Hall–Kier alpha value is -0.410. The Labute approximate surface area is 85.2 Å². The van der Waals surface area contributed by atoms with Crippen LogP contribution in [0.3, 0.4) is 0 Å². The Morgan fingerprint density at radius 1 is 1.36 bits per heavy atom. The van der Waals surface area contributed by atoms with Crippen molar-refractivity contribution in [2.45, 2.75) is 50.7 Å². The molecule has 0 radical (unpaired) electrons. The molecule has 0 aromatic heterocycles. The molecule has 3 heteroatoms. The van der Waals surface area contributed by atoms with Gasteiger partial charge in [-0.15, -0.1) is 0 Å². The van der Waals surface area contributed by atoms with E-state index in [1.165, 1.54) is 6.42 Å². The van der Waals surface area contributed by atoms with Crippen LogP contribution in [-0.4, -0.2) is 31.1 Å². The topological polar surface area (TPSA) is 38.3 Å². The first-order valence-corrected chi connectivity index (χ1v) is 5.74. The highest BCUT2D eigenvalue weighted by atomic mass is 16.5. The third-order valence-corrected chi connectivity index (χ3v) is 3.19. The molecule has 14 heavy (non-hydrogen) atoms. The lowest BCUT2D eigenvalue weighted by molar-refractivity contribution is -0.121. The maximum absolute atomic E-state index is 11.7. The minimum atomic E-state index is 0.149. The van der Waals surface area contributed by atoms with Crippen LogP contribution in [0.2, 0.25) is 0 Å². The molecular formula is C11H19NO2. The van der Waals surface area contributed by atoms with Gasteiger partial charge in [-0.1, -0.05) is 0 Å². The van der Waals surface area contributed by atoms with Crippen LogP contribution >= 0.6 is 0 Å². The lowest BCUT2D eigenvalue weighted by atomic mass is 10.0. The van der Waals surface area contributed by atoms with Crippen LogP contribution in [0.1, 0.15) is 38.5 Å². The lowest BCUT2D eigenvalue weighted by Crippen LogP contribution is -2.31. The maximum atomic E-state index is 11.7. The van der Waals surface area contributed by atoms with Gasteiger partial charge in [0.25, 0.3) is 0 Å². The lowest BCUT2D eigenvalue weighted by Gasteiger charge is -2.11. The highest BCUT2D eigenvalue weighted by Gasteiger charge is 2.23. The molecule has 2 aliphatic heterocycles. The molecule has 2 fully saturated rings. The van der Waals surface area contributed by atoms with E-state index >= 15 is 0 Å². The smallest absolute Gasteiger partial charge is 0.149 e. The van der Waals surface area contributed by atoms with Crippen LogP contribution in [0.4, 0.5) is 0 Å². The molecule has 0 saturated carbocycles. The monoisotopic (exact) mass is 197 g/mol. The van der Waals surface area contributed by atoms with E-state index in [0.717, 1.165) is 38.8 Å². The second kappa shape index (κ2) is 4.89. The molecule has 0 aromatic carbocycles. The highest BCUT2D eigenvalue weighted by Crippen LogP contribution is 2.18. The van der Waals surface area contributed by atoms with Gasteiger partial charge in [-0.25, -0.2) is 0 Å². The predicted octanol–water partition coefficient (Wildman–Crippen LogP) is 1.27. The fraction of sp³-hybridized carbons (Fsp3) is 0.909. The zero-order valence-corrected chi connectivity index (χ0v) is 8.63. The molecule has 0 bridgehead atoms. The Kier molecular flexibility index (Phi) is 3.54. The molecule has 2 heterocycles. The van der Waals surface area contributed by atoms with Crippen molar-refractivity contribution in [1.29, 1.82) is 0 Å². The van der Waals surface area contributed by atoms with Gasteiger partial charge in [-0.2, -0.15) is 0 Å². The highest BCUT2D eigenvalue weighted by molar-refractivity contribution is 5.84. The van der Waals surface area contributed by atoms with E-state index in [1.54, 1.807) is 0 Å². The van der Waals surface area contributed by atoms with Crippen molar-refractivity contribution in [3.63, 3.8) is 0 Å². The molecule has 0 aromatic rings. The molecule has 3 nitrogen and oxygen atoms in total. The van der Waals surface area contributed by atoms with E-state index in [-0.39, 0.29) is 6.04 Å². The molecule has 2 aliphatic rings. The Morgan fingerprint density at radius 2 is 2.29 bits per heavy atom. The SMILES string of the molecule is O=C(CCC1CCCO1)C1CCCN1. The van der Waals surface area contributed by atoms with Crippen molar-refractivity contribution < 1.29 is 9.53 Å². The standard InChI is InChI=1S/C11H19NO2/c13-11(10-4-1-7-12-10)6-5-9-3-2-8-14-9/h9-10,12H,1-8H2. The molecular weight excluding hydrogens is 178 g/mol. The number of ketones is 1. The normalized spacial score (nSPS) is 32.3. The molecule has 2 atom stereocenters. The zero-order valence-electron chi connectivity index (χ0n) is 8.63. The molecule has 0 aliphatic carbocycles. The number of Topliss-reactive ketones (excluding diaryl/α,β-unsaturated/α-hetero) is 1. The van der Waals surface area contributed by atoms with Crippen LogP contribution in [0.5, 0.6) is 0 Å². The molecule has 2 saturated heterocycles. The van der Waals surface area contributed by atoms with Crippen molar-refractivity contribution in [2.24, 2.45) is 0 Å². The van der Waals surface area contributed by atoms with Crippen LogP contribution < -0.4 is 5.32 Å². The van der Waals surface area contributed by atoms with Crippen LogP contribution in [0, 0.1) is 0 Å². The fourth-order valence-electron chi connectivity index (χ4n) is 2.31. The van der Waals surface area contributed by atoms with Gasteiger partial charge < -0.3 is 10.1 Å². The first-order valence-electron chi connectivity index (χ1n) is 5.74. The summed E-state index contributed by atoms with van der Waals surface area (Å²) in [5, 5.41) is 3.24. The van der Waals surface area contributed by atoms with E-state index in [2.05, 4.69) is 5.32 Å². The summed E-state index contributed by atoms with van der Waals surface area (Å²) < 4.78 is 5.49. The number of rotatable bonds is 4. The fourth-order valence-corrected chi connectivity index (χ4v) is 2.31. The van der Waals surface area contributed by atoms with Gasteiger partial charge in [0, 0.05) is 13.0 Å². The van der Waals surface area contributed by atoms with Gasteiger partial charge in [0.05, 0.1) is 12.1 Å². The molecule has 80 valence electrons. The predicted molar refractivity (Wildman–Crippen MR) is 54.2 cm³/mol. The average molecular weight is 197 g/mol. The maximum Gasteiger partial charge on any atom is 0.149 e. The van der Waals surface area contributed by atoms with Crippen molar-refractivity contribution >= 4 is 5.78 Å². The van der Waals surface area contributed by atoms with E-state index in [4.69, 9.17) is 4.74 Å². The van der Waals surface area contributed by atoms with Gasteiger partial charge >= 0.3 is 0 Å². The van der Waals surface area contributed by atoms with Gasteiger partial charge in [-0.05, 0) is 38.6 Å². The number of hydrogen-bond acceptors (Lipinski definition) is 3. The van der Waals surface area contributed by atoms with E-state index in [1.807, 2.05) is 0 Å². The Balaban J connectivity index is 1.66. The van der Waals surface area contributed by atoms with Gasteiger partial charge in [0.2, 0.25) is 0 Å². The summed E-state index contributed by atoms with van der Waals surface area (Å²) in [4.78, 5) is 11.7. The van der Waals surface area contributed by atoms with Crippen molar-refractivity contribution in [1.82, 2.24) is 5.32 Å². The zero-order chi connectivity index (χ0) is 9.80. The third kappa shape index (κ3) is 2.55. The number of hydrogen-bond donors (Lipinski definition) is 1. The van der Waals surface area contributed by atoms with Crippen molar-refractivity contribution in [3.8, 4) is 0 Å². The van der Waals surface area contributed by atoms with E-state index < -0.39 is 0 Å². The molecule has 1 N–H and O–H groups in total. The minimum absolute atomic E-state index is 0.149. The van der Waals surface area contributed by atoms with Gasteiger partial charge in [0.1, 0.15) is 5.78 Å². The molecule has 2 rings (SSSR count). The summed E-state index contributed by atoms with van der Waals surface area (Å²) >= 11 is 0. The Morgan fingerprint density at radius 3 is 2.93 bits per heavy atom. The van der Waals surface area contributed by atoms with Gasteiger partial charge in [0.15, 0.2) is 0 Å². The third-order valence-electron chi connectivity index (χ3n) is 3.19. The second-order valence-corrected chi connectivity index (χ2v) is 4.29. The molecule has 0 spiro atoms. The van der Waals surface area contributed by atoms with Crippen LogP contribution in [0.25, 0.3) is 0 Å². The van der Waals surface area contributed by atoms with E-state index in [9.17, 15) is 4.79 Å². The largest absolute Gasteiger partial charge is 0.378 e. The number of carbonyl (C=O) groups is 1. The van der Waals surface area contributed by atoms with Crippen LogP contribution in [-0.2, 0) is 9.53 Å². The minimum Gasteiger partial charge on any atom is -0.378 e. The number of ether oxygens (including phenoxy) is 1. The quantitative estimate of drug-likeness (QED) is 0.737. The summed E-state index contributed by atoms with van der Waals surface area (Å²) in [6, 6.07) is 0.149. The first kappa shape index (κ1) is 10.1. The molecule has 0 amide bonds. The first-order chi connectivity index (χ1) is 6.86. The summed E-state index contributed by atoms with van der Waals surface area (Å²) in [5.41, 5.74) is 0. The second-order valence-electron chi connectivity index (χ2n) is 4.29. The average Bonchev–Trinajstić information content (AvgIpc) is 2.87. The Bertz CT molecular complexity index is 193. The summed E-state index contributed by atoms with van der Waals surface area (Å²) in [6.07, 6.45) is 6.48. The summed E-state index contributed by atoms with van der Waals surface area (Å²) in [5.74, 6) is 0.387. The van der Waals surface area contributed by atoms with Crippen molar-refractivity contribution in [3.05, 3.63) is 0 Å².